The zero-order valence-corrected chi connectivity index (χ0v) is 15.8. The lowest BCUT2D eigenvalue weighted by molar-refractivity contribution is -0.135. The quantitative estimate of drug-likeness (QED) is 0.828. The van der Waals surface area contributed by atoms with Gasteiger partial charge in [0.2, 0.25) is 11.8 Å². The minimum absolute atomic E-state index is 0.184. The third-order valence-corrected chi connectivity index (χ3v) is 4.40. The van der Waals surface area contributed by atoms with Crippen LogP contribution in [-0.4, -0.2) is 66.9 Å². The van der Waals surface area contributed by atoms with Crippen LogP contribution in [0.3, 0.4) is 0 Å². The van der Waals surface area contributed by atoms with E-state index in [1.54, 1.807) is 44.1 Å². The maximum atomic E-state index is 13.0. The predicted molar refractivity (Wildman–Crippen MR) is 98.0 cm³/mol. The molecule has 1 aliphatic rings. The smallest absolute Gasteiger partial charge is 0.258 e. The van der Waals surface area contributed by atoms with Gasteiger partial charge < -0.3 is 19.9 Å². The molecule has 3 amide bonds. The summed E-state index contributed by atoms with van der Waals surface area (Å²) in [5.41, 5.74) is 0.450. The van der Waals surface area contributed by atoms with Gasteiger partial charge in [0.15, 0.2) is 0 Å². The molecule has 1 heterocycles. The maximum Gasteiger partial charge on any atom is 0.258 e. The number of hydrogen-bond donors (Lipinski definition) is 1. The summed E-state index contributed by atoms with van der Waals surface area (Å²) >= 11 is 0. The number of benzene rings is 1. The second-order valence-corrected chi connectivity index (χ2v) is 6.55. The number of likely N-dealkylation sites (N-methyl/N-ethyl adjacent to an activating group) is 1. The lowest BCUT2D eigenvalue weighted by Crippen LogP contribution is -2.51. The molecular formula is C19H27N3O4. The summed E-state index contributed by atoms with van der Waals surface area (Å²) in [4.78, 5) is 40.6. The SMILES string of the molecule is CCOc1ccccc1C(=O)N1CCC[C@H]1C(=O)N[C@@H](C)C(=O)N(C)C. The molecule has 0 unspecified atom stereocenters. The average molecular weight is 361 g/mol. The molecule has 26 heavy (non-hydrogen) atoms. The zero-order chi connectivity index (χ0) is 19.3. The van der Waals surface area contributed by atoms with Gasteiger partial charge in [-0.2, -0.15) is 0 Å². The second-order valence-electron chi connectivity index (χ2n) is 6.55. The van der Waals surface area contributed by atoms with Crippen LogP contribution in [0.5, 0.6) is 5.75 Å². The first kappa shape index (κ1) is 19.8. The van der Waals surface area contributed by atoms with E-state index in [0.717, 1.165) is 6.42 Å². The van der Waals surface area contributed by atoms with E-state index >= 15 is 0 Å². The highest BCUT2D eigenvalue weighted by Gasteiger charge is 2.36. The van der Waals surface area contributed by atoms with Crippen LogP contribution in [0.15, 0.2) is 24.3 Å². The molecule has 1 aliphatic heterocycles. The van der Waals surface area contributed by atoms with Crippen LogP contribution in [0, 0.1) is 0 Å². The Morgan fingerprint density at radius 2 is 2.00 bits per heavy atom. The van der Waals surface area contributed by atoms with Crippen molar-refractivity contribution in [2.75, 3.05) is 27.2 Å². The summed E-state index contributed by atoms with van der Waals surface area (Å²) in [6.45, 7) is 4.47. The van der Waals surface area contributed by atoms with Gasteiger partial charge in [-0.05, 0) is 38.8 Å². The molecule has 0 aromatic heterocycles. The molecule has 0 radical (unpaired) electrons. The van der Waals surface area contributed by atoms with E-state index in [1.807, 2.05) is 13.0 Å². The number of amides is 3. The largest absolute Gasteiger partial charge is 0.493 e. The minimum atomic E-state index is -0.634. The molecule has 142 valence electrons. The molecule has 2 atom stereocenters. The molecule has 7 nitrogen and oxygen atoms in total. The van der Waals surface area contributed by atoms with Crippen molar-refractivity contribution in [3.05, 3.63) is 29.8 Å². The predicted octanol–water partition coefficient (Wildman–Crippen LogP) is 1.28. The molecular weight excluding hydrogens is 334 g/mol. The average Bonchev–Trinajstić information content (AvgIpc) is 3.11. The fraction of sp³-hybridized carbons (Fsp3) is 0.526. The molecule has 0 spiro atoms. The van der Waals surface area contributed by atoms with E-state index in [0.29, 0.717) is 30.9 Å². The highest BCUT2D eigenvalue weighted by molar-refractivity contribution is 6.00. The Hall–Kier alpha value is -2.57. The normalized spacial score (nSPS) is 17.5. The molecule has 0 aliphatic carbocycles. The maximum absolute atomic E-state index is 13.0. The first-order valence-electron chi connectivity index (χ1n) is 8.91. The van der Waals surface area contributed by atoms with E-state index in [1.165, 1.54) is 4.90 Å². The van der Waals surface area contributed by atoms with Crippen molar-refractivity contribution in [2.45, 2.75) is 38.8 Å². The standard InChI is InChI=1S/C19H27N3O4/c1-5-26-16-11-7-6-9-14(16)19(25)22-12-8-10-15(22)17(23)20-13(2)18(24)21(3)4/h6-7,9,11,13,15H,5,8,10,12H2,1-4H3,(H,20,23)/t13-,15-/m0/s1. The summed E-state index contributed by atoms with van der Waals surface area (Å²) in [6.07, 6.45) is 1.33. The zero-order valence-electron chi connectivity index (χ0n) is 15.8. The fourth-order valence-electron chi connectivity index (χ4n) is 3.12. The van der Waals surface area contributed by atoms with Crippen molar-refractivity contribution in [3.63, 3.8) is 0 Å². The van der Waals surface area contributed by atoms with Gasteiger partial charge in [0, 0.05) is 20.6 Å². The lowest BCUT2D eigenvalue weighted by Gasteiger charge is -2.26. The monoisotopic (exact) mass is 361 g/mol. The Labute approximate surface area is 154 Å². The second kappa shape index (κ2) is 8.69. The molecule has 1 saturated heterocycles. The number of para-hydroxylation sites is 1. The van der Waals surface area contributed by atoms with Gasteiger partial charge in [0.25, 0.3) is 5.91 Å². The van der Waals surface area contributed by atoms with Crippen LogP contribution in [0.2, 0.25) is 0 Å². The van der Waals surface area contributed by atoms with Gasteiger partial charge in [-0.1, -0.05) is 12.1 Å². The Morgan fingerprint density at radius 3 is 2.65 bits per heavy atom. The molecule has 0 bridgehead atoms. The summed E-state index contributed by atoms with van der Waals surface area (Å²) in [5.74, 6) is -0.191. The third-order valence-electron chi connectivity index (χ3n) is 4.40. The lowest BCUT2D eigenvalue weighted by atomic mass is 10.1. The minimum Gasteiger partial charge on any atom is -0.493 e. The van der Waals surface area contributed by atoms with Crippen molar-refractivity contribution in [1.82, 2.24) is 15.1 Å². The molecule has 1 N–H and O–H groups in total. The molecule has 1 fully saturated rings. The fourth-order valence-corrected chi connectivity index (χ4v) is 3.12. The van der Waals surface area contributed by atoms with Crippen molar-refractivity contribution in [2.24, 2.45) is 0 Å². The molecule has 7 heteroatoms. The van der Waals surface area contributed by atoms with Gasteiger partial charge in [-0.15, -0.1) is 0 Å². The molecule has 2 rings (SSSR count). The van der Waals surface area contributed by atoms with E-state index in [-0.39, 0.29) is 17.7 Å². The van der Waals surface area contributed by atoms with Crippen LogP contribution in [0.25, 0.3) is 0 Å². The number of hydrogen-bond acceptors (Lipinski definition) is 4. The Kier molecular flexibility index (Phi) is 6.60. The van der Waals surface area contributed by atoms with Gasteiger partial charge in [0.1, 0.15) is 17.8 Å². The number of carbonyl (C=O) groups excluding carboxylic acids is 3. The summed E-state index contributed by atoms with van der Waals surface area (Å²) < 4.78 is 5.54. The highest BCUT2D eigenvalue weighted by Crippen LogP contribution is 2.25. The Balaban J connectivity index is 2.13. The van der Waals surface area contributed by atoms with Crippen molar-refractivity contribution in [3.8, 4) is 5.75 Å². The van der Waals surface area contributed by atoms with Crippen LogP contribution in [0.4, 0.5) is 0 Å². The Bertz CT molecular complexity index is 675. The highest BCUT2D eigenvalue weighted by atomic mass is 16.5. The van der Waals surface area contributed by atoms with Gasteiger partial charge in [0.05, 0.1) is 12.2 Å². The summed E-state index contributed by atoms with van der Waals surface area (Å²) in [6, 6.07) is 5.84. The van der Waals surface area contributed by atoms with E-state index < -0.39 is 12.1 Å². The van der Waals surface area contributed by atoms with Gasteiger partial charge in [-0.3, -0.25) is 14.4 Å². The van der Waals surface area contributed by atoms with Crippen molar-refractivity contribution >= 4 is 17.7 Å². The van der Waals surface area contributed by atoms with Crippen molar-refractivity contribution < 1.29 is 19.1 Å². The Morgan fingerprint density at radius 1 is 1.31 bits per heavy atom. The van der Waals surface area contributed by atoms with Crippen LogP contribution in [-0.2, 0) is 9.59 Å². The van der Waals surface area contributed by atoms with E-state index in [9.17, 15) is 14.4 Å². The topological polar surface area (TPSA) is 79.0 Å². The van der Waals surface area contributed by atoms with Crippen LogP contribution in [0.1, 0.15) is 37.0 Å². The van der Waals surface area contributed by atoms with Crippen LogP contribution < -0.4 is 10.1 Å². The molecule has 1 aromatic rings. The van der Waals surface area contributed by atoms with E-state index in [2.05, 4.69) is 5.32 Å². The van der Waals surface area contributed by atoms with Crippen molar-refractivity contribution in [1.29, 1.82) is 0 Å². The number of nitrogens with zero attached hydrogens (tertiary/aromatic N) is 2. The third kappa shape index (κ3) is 4.33. The number of carbonyl (C=O) groups is 3. The molecule has 0 saturated carbocycles. The first-order chi connectivity index (χ1) is 12.4. The number of nitrogens with one attached hydrogen (secondary N) is 1. The first-order valence-corrected chi connectivity index (χ1v) is 8.91. The number of likely N-dealkylation sites (tertiary alicyclic amines) is 1. The van der Waals surface area contributed by atoms with Gasteiger partial charge in [-0.25, -0.2) is 0 Å². The van der Waals surface area contributed by atoms with Gasteiger partial charge >= 0.3 is 0 Å². The summed E-state index contributed by atoms with van der Waals surface area (Å²) in [5, 5.41) is 2.72. The van der Waals surface area contributed by atoms with Crippen LogP contribution >= 0.6 is 0 Å². The number of ether oxygens (including phenoxy) is 1. The number of rotatable bonds is 6. The summed E-state index contributed by atoms with van der Waals surface area (Å²) in [7, 11) is 3.28. The molecule has 1 aromatic carbocycles. The van der Waals surface area contributed by atoms with E-state index in [4.69, 9.17) is 4.74 Å².